The summed E-state index contributed by atoms with van der Waals surface area (Å²) in [6.45, 7) is 8.63. The van der Waals surface area contributed by atoms with Gasteiger partial charge in [-0.3, -0.25) is 14.4 Å². The molecule has 0 bridgehead atoms. The Morgan fingerprint density at radius 2 is 1.68 bits per heavy atom. The lowest BCUT2D eigenvalue weighted by molar-refractivity contribution is -0.136. The predicted octanol–water partition coefficient (Wildman–Crippen LogP) is 4.04. The molecule has 0 amide bonds. The van der Waals surface area contributed by atoms with Gasteiger partial charge in [0.1, 0.15) is 11.5 Å². The second-order valence-electron chi connectivity index (χ2n) is 11.0. The van der Waals surface area contributed by atoms with Crippen LogP contribution in [0, 0.1) is 39.4 Å². The topological polar surface area (TPSA) is 60.4 Å². The lowest BCUT2D eigenvalue weighted by Gasteiger charge is -2.56. The molecular weight excluding hydrogens is 352 g/mol. The van der Waals surface area contributed by atoms with E-state index in [0.29, 0.717) is 35.7 Å². The Bertz CT molecular complexity index is 876. The molecular formula is C24H30O4. The molecule has 5 aliphatic rings. The molecule has 5 atom stereocenters. The van der Waals surface area contributed by atoms with E-state index in [1.165, 1.54) is 5.57 Å². The molecule has 4 heteroatoms. The van der Waals surface area contributed by atoms with E-state index in [1.807, 2.05) is 6.08 Å². The number of Topliss-reactive ketones (excluding diaryl/α,β-unsaturated/α-hetero) is 3. The molecule has 5 aliphatic carbocycles. The van der Waals surface area contributed by atoms with Gasteiger partial charge in [-0.05, 0) is 66.9 Å². The molecule has 150 valence electrons. The normalized spacial score (nSPS) is 45.0. The van der Waals surface area contributed by atoms with Crippen molar-refractivity contribution >= 4 is 17.3 Å². The Morgan fingerprint density at radius 1 is 1.00 bits per heavy atom. The smallest absolute Gasteiger partial charge is 0.221 e. The molecule has 1 spiro atoms. The van der Waals surface area contributed by atoms with E-state index in [2.05, 4.69) is 33.8 Å². The number of methoxy groups -OCH3 is 1. The highest BCUT2D eigenvalue weighted by molar-refractivity contribution is 6.64. The number of ether oxygens (including phenoxy) is 1. The van der Waals surface area contributed by atoms with Crippen LogP contribution in [0.5, 0.6) is 0 Å². The molecule has 5 rings (SSSR count). The van der Waals surface area contributed by atoms with E-state index in [-0.39, 0.29) is 27.8 Å². The summed E-state index contributed by atoms with van der Waals surface area (Å²) in [6.07, 6.45) is 8.63. The van der Waals surface area contributed by atoms with Crippen molar-refractivity contribution in [2.45, 2.75) is 59.8 Å². The van der Waals surface area contributed by atoms with Gasteiger partial charge >= 0.3 is 0 Å². The molecule has 3 fully saturated rings. The van der Waals surface area contributed by atoms with Crippen LogP contribution in [0.2, 0.25) is 0 Å². The number of ketones is 3. The van der Waals surface area contributed by atoms with Crippen LogP contribution in [-0.2, 0) is 19.1 Å². The van der Waals surface area contributed by atoms with Crippen LogP contribution in [0.25, 0.3) is 0 Å². The summed E-state index contributed by atoms with van der Waals surface area (Å²) < 4.78 is 5.50. The highest BCUT2D eigenvalue weighted by Gasteiger charge is 2.74. The summed E-state index contributed by atoms with van der Waals surface area (Å²) in [7, 11) is 1.56. The van der Waals surface area contributed by atoms with Crippen molar-refractivity contribution in [1.29, 1.82) is 0 Å². The summed E-state index contributed by atoms with van der Waals surface area (Å²) in [6, 6.07) is 0. The van der Waals surface area contributed by atoms with Gasteiger partial charge in [0, 0.05) is 10.8 Å². The van der Waals surface area contributed by atoms with E-state index < -0.39 is 5.41 Å². The second kappa shape index (κ2) is 5.06. The molecule has 0 saturated heterocycles. The molecule has 28 heavy (non-hydrogen) atoms. The molecule has 4 nitrogen and oxygen atoms in total. The lowest BCUT2D eigenvalue weighted by Crippen LogP contribution is -2.50. The van der Waals surface area contributed by atoms with Gasteiger partial charge < -0.3 is 4.74 Å². The van der Waals surface area contributed by atoms with E-state index in [0.717, 1.165) is 25.7 Å². The highest BCUT2D eigenvalue weighted by atomic mass is 16.5. The molecule has 0 aromatic heterocycles. The third-order valence-corrected chi connectivity index (χ3v) is 9.26. The van der Waals surface area contributed by atoms with E-state index in [4.69, 9.17) is 4.74 Å². The van der Waals surface area contributed by atoms with Crippen molar-refractivity contribution in [3.05, 3.63) is 23.5 Å². The zero-order chi connectivity index (χ0) is 20.3. The SMILES string of the molecule is COC1=CC2=CC[C@@H]3[C@H](CC[C@]4(C)C(=O)C(C)(C)C[C@@H]34)[C@@]2(C)CC12C(=O)C2=O. The van der Waals surface area contributed by atoms with Crippen LogP contribution >= 0.6 is 0 Å². The van der Waals surface area contributed by atoms with Gasteiger partial charge in [0.2, 0.25) is 11.6 Å². The van der Waals surface area contributed by atoms with Crippen molar-refractivity contribution in [2.75, 3.05) is 7.11 Å². The first kappa shape index (κ1) is 18.3. The summed E-state index contributed by atoms with van der Waals surface area (Å²) in [5.74, 6) is 1.61. The standard InChI is InChI=1S/C24H30O4/c1-21(2)11-16-14-7-6-13-10-17(28-5)24(18(25)19(24)26)12-23(13,4)15(14)8-9-22(16,3)20(21)27/h6,10,14-16H,7-9,11-12H2,1-5H3/t14-,15+,16+,22+,23+/m1/s1. The summed E-state index contributed by atoms with van der Waals surface area (Å²) in [5, 5.41) is 0. The first-order chi connectivity index (χ1) is 13.0. The van der Waals surface area contributed by atoms with Gasteiger partial charge in [-0.25, -0.2) is 0 Å². The number of carbonyl (C=O) groups excluding carboxylic acids is 3. The Balaban J connectivity index is 1.58. The minimum absolute atomic E-state index is 0.204. The third-order valence-electron chi connectivity index (χ3n) is 9.26. The lowest BCUT2D eigenvalue weighted by atomic mass is 9.47. The largest absolute Gasteiger partial charge is 0.500 e. The van der Waals surface area contributed by atoms with E-state index in [9.17, 15) is 14.4 Å². The molecule has 0 heterocycles. The molecule has 0 unspecified atom stereocenters. The van der Waals surface area contributed by atoms with Crippen molar-refractivity contribution in [1.82, 2.24) is 0 Å². The molecule has 0 aliphatic heterocycles. The van der Waals surface area contributed by atoms with Crippen LogP contribution in [-0.4, -0.2) is 24.5 Å². The maximum absolute atomic E-state index is 13.2. The van der Waals surface area contributed by atoms with Crippen LogP contribution in [0.1, 0.15) is 59.8 Å². The van der Waals surface area contributed by atoms with Crippen molar-refractivity contribution in [2.24, 2.45) is 39.4 Å². The number of carbonyl (C=O) groups is 3. The second-order valence-corrected chi connectivity index (χ2v) is 11.0. The summed E-state index contributed by atoms with van der Waals surface area (Å²) in [4.78, 5) is 37.9. The number of fused-ring (bicyclic) bond motifs is 5. The Hall–Kier alpha value is -1.71. The summed E-state index contributed by atoms with van der Waals surface area (Å²) >= 11 is 0. The first-order valence-electron chi connectivity index (χ1n) is 10.6. The zero-order valence-corrected chi connectivity index (χ0v) is 17.6. The van der Waals surface area contributed by atoms with Gasteiger partial charge in [0.25, 0.3) is 0 Å². The average Bonchev–Trinajstić information content (AvgIpc) is 3.06. The highest BCUT2D eigenvalue weighted by Crippen LogP contribution is 2.69. The van der Waals surface area contributed by atoms with Gasteiger partial charge in [-0.1, -0.05) is 33.8 Å². The van der Waals surface area contributed by atoms with Gasteiger partial charge in [-0.2, -0.15) is 0 Å². The Labute approximate surface area is 166 Å². The number of rotatable bonds is 1. The average molecular weight is 383 g/mol. The number of hydrogen-bond acceptors (Lipinski definition) is 4. The van der Waals surface area contributed by atoms with Crippen molar-refractivity contribution in [3.8, 4) is 0 Å². The van der Waals surface area contributed by atoms with Gasteiger partial charge in [0.05, 0.1) is 7.11 Å². The minimum Gasteiger partial charge on any atom is -0.500 e. The quantitative estimate of drug-likeness (QED) is 0.507. The molecule has 0 aromatic carbocycles. The molecule has 0 N–H and O–H groups in total. The minimum atomic E-state index is -1.03. The van der Waals surface area contributed by atoms with Crippen LogP contribution in [0.15, 0.2) is 23.5 Å². The third kappa shape index (κ3) is 1.85. The van der Waals surface area contributed by atoms with Crippen LogP contribution in [0.3, 0.4) is 0 Å². The van der Waals surface area contributed by atoms with Crippen LogP contribution in [0.4, 0.5) is 0 Å². The van der Waals surface area contributed by atoms with E-state index >= 15 is 0 Å². The fourth-order valence-corrected chi connectivity index (χ4v) is 7.76. The fourth-order valence-electron chi connectivity index (χ4n) is 7.76. The number of hydrogen-bond donors (Lipinski definition) is 0. The first-order valence-corrected chi connectivity index (χ1v) is 10.6. The maximum atomic E-state index is 13.2. The molecule has 3 saturated carbocycles. The zero-order valence-electron chi connectivity index (χ0n) is 17.6. The molecule has 0 aromatic rings. The van der Waals surface area contributed by atoms with Gasteiger partial charge in [-0.15, -0.1) is 0 Å². The predicted molar refractivity (Wildman–Crippen MR) is 104 cm³/mol. The Morgan fingerprint density at radius 3 is 2.29 bits per heavy atom. The number of allylic oxidation sites excluding steroid dienone is 4. The van der Waals surface area contributed by atoms with Crippen molar-refractivity contribution < 1.29 is 19.1 Å². The van der Waals surface area contributed by atoms with Crippen molar-refractivity contribution in [3.63, 3.8) is 0 Å². The Kier molecular flexibility index (Phi) is 3.31. The van der Waals surface area contributed by atoms with E-state index in [1.54, 1.807) is 7.11 Å². The summed E-state index contributed by atoms with van der Waals surface area (Å²) in [5.41, 5.74) is -0.496. The van der Waals surface area contributed by atoms with Crippen LogP contribution < -0.4 is 0 Å². The van der Waals surface area contributed by atoms with Gasteiger partial charge in [0.15, 0.2) is 5.41 Å². The monoisotopic (exact) mass is 382 g/mol. The maximum Gasteiger partial charge on any atom is 0.221 e. The fraction of sp³-hybridized carbons (Fsp3) is 0.708. The molecule has 0 radical (unpaired) electrons.